The van der Waals surface area contributed by atoms with Gasteiger partial charge in [-0.3, -0.25) is 4.40 Å². The topological polar surface area (TPSA) is 55.1 Å². The van der Waals surface area contributed by atoms with E-state index in [0.29, 0.717) is 5.78 Å². The molecule has 21 heavy (non-hydrogen) atoms. The summed E-state index contributed by atoms with van der Waals surface area (Å²) < 4.78 is 2.02. The van der Waals surface area contributed by atoms with Crippen LogP contribution in [0.3, 0.4) is 0 Å². The Balaban J connectivity index is 1.72. The van der Waals surface area contributed by atoms with Gasteiger partial charge in [0.25, 0.3) is 5.78 Å². The Morgan fingerprint density at radius 2 is 1.81 bits per heavy atom. The predicted molar refractivity (Wildman–Crippen MR) is 83.6 cm³/mol. The predicted octanol–water partition coefficient (Wildman–Crippen LogP) is 2.70. The van der Waals surface area contributed by atoms with Crippen molar-refractivity contribution in [3.8, 4) is 0 Å². The van der Waals surface area contributed by atoms with Gasteiger partial charge in [0.2, 0.25) is 0 Å². The van der Waals surface area contributed by atoms with Crippen molar-refractivity contribution >= 4 is 11.5 Å². The van der Waals surface area contributed by atoms with Gasteiger partial charge in [-0.25, -0.2) is 4.98 Å². The van der Waals surface area contributed by atoms with E-state index in [1.807, 2.05) is 17.4 Å². The number of nitrogens with zero attached hydrogens (tertiary/aromatic N) is 4. The van der Waals surface area contributed by atoms with Crippen LogP contribution in [0.5, 0.6) is 0 Å². The van der Waals surface area contributed by atoms with Crippen LogP contribution in [0.2, 0.25) is 0 Å². The molecule has 108 valence electrons. The summed E-state index contributed by atoms with van der Waals surface area (Å²) in [6.07, 6.45) is 0.806. The molecule has 0 spiro atoms. The number of rotatable bonds is 4. The Hall–Kier alpha value is -2.43. The van der Waals surface area contributed by atoms with Crippen molar-refractivity contribution in [1.29, 1.82) is 0 Å². The first kappa shape index (κ1) is 13.5. The van der Waals surface area contributed by atoms with E-state index in [-0.39, 0.29) is 0 Å². The maximum Gasteiger partial charge on any atom is 0.255 e. The van der Waals surface area contributed by atoms with Crippen molar-refractivity contribution in [2.75, 3.05) is 11.9 Å². The van der Waals surface area contributed by atoms with Crippen LogP contribution in [0.15, 0.2) is 30.3 Å². The number of anilines is 1. The molecular weight excluding hydrogens is 262 g/mol. The van der Waals surface area contributed by atoms with Crippen LogP contribution in [-0.4, -0.2) is 26.1 Å². The minimum absolute atomic E-state index is 0.679. The molecule has 0 unspecified atom stereocenters. The largest absolute Gasteiger partial charge is 0.385 e. The summed E-state index contributed by atoms with van der Waals surface area (Å²) in [6, 6.07) is 10.4. The van der Waals surface area contributed by atoms with Crippen LogP contribution in [0.4, 0.5) is 5.69 Å². The Morgan fingerprint density at radius 3 is 2.57 bits per heavy atom. The van der Waals surface area contributed by atoms with Crippen LogP contribution < -0.4 is 5.32 Å². The van der Waals surface area contributed by atoms with Crippen LogP contribution in [0.1, 0.15) is 22.8 Å². The molecule has 2 heterocycles. The van der Waals surface area contributed by atoms with Crippen molar-refractivity contribution in [3.63, 3.8) is 0 Å². The van der Waals surface area contributed by atoms with Gasteiger partial charge in [-0.1, -0.05) is 17.7 Å². The van der Waals surface area contributed by atoms with Crippen molar-refractivity contribution in [2.45, 2.75) is 27.2 Å². The Bertz CT molecular complexity index is 758. The summed E-state index contributed by atoms with van der Waals surface area (Å²) in [6.45, 7) is 6.93. The molecular formula is C16H19N5. The maximum absolute atomic E-state index is 4.40. The van der Waals surface area contributed by atoms with E-state index in [1.54, 1.807) is 0 Å². The fourth-order valence-corrected chi connectivity index (χ4v) is 2.45. The molecule has 1 N–H and O–H groups in total. The second-order valence-electron chi connectivity index (χ2n) is 5.33. The van der Waals surface area contributed by atoms with Gasteiger partial charge < -0.3 is 5.32 Å². The van der Waals surface area contributed by atoms with E-state index in [4.69, 9.17) is 0 Å². The molecule has 0 aliphatic heterocycles. The Kier molecular flexibility index (Phi) is 3.56. The monoisotopic (exact) mass is 281 g/mol. The van der Waals surface area contributed by atoms with E-state index in [2.05, 4.69) is 58.6 Å². The molecule has 2 aromatic heterocycles. The average Bonchev–Trinajstić information content (AvgIpc) is 2.84. The van der Waals surface area contributed by atoms with Crippen LogP contribution in [-0.2, 0) is 6.42 Å². The third-order valence-electron chi connectivity index (χ3n) is 3.49. The van der Waals surface area contributed by atoms with Gasteiger partial charge in [-0.05, 0) is 39.0 Å². The van der Waals surface area contributed by atoms with Crippen molar-refractivity contribution < 1.29 is 0 Å². The van der Waals surface area contributed by atoms with E-state index in [9.17, 15) is 0 Å². The van der Waals surface area contributed by atoms with Gasteiger partial charge in [0.15, 0.2) is 0 Å². The van der Waals surface area contributed by atoms with Crippen LogP contribution in [0, 0.1) is 20.8 Å². The van der Waals surface area contributed by atoms with Crippen LogP contribution >= 0.6 is 0 Å². The first-order valence-corrected chi connectivity index (χ1v) is 7.12. The van der Waals surface area contributed by atoms with Gasteiger partial charge in [0.05, 0.1) is 0 Å². The standard InChI is InChI=1S/C16H19N5/c1-11-4-6-14(7-5-11)17-9-8-15-19-20-16-18-12(2)10-13(3)21(15)16/h4-7,10,17H,8-9H2,1-3H3. The molecule has 0 aliphatic carbocycles. The second kappa shape index (κ2) is 5.52. The normalized spacial score (nSPS) is 11.0. The summed E-state index contributed by atoms with van der Waals surface area (Å²) in [4.78, 5) is 4.40. The van der Waals surface area contributed by atoms with Crippen LogP contribution in [0.25, 0.3) is 5.78 Å². The lowest BCUT2D eigenvalue weighted by atomic mass is 10.2. The zero-order valence-corrected chi connectivity index (χ0v) is 12.6. The summed E-state index contributed by atoms with van der Waals surface area (Å²) in [5.74, 6) is 1.62. The zero-order valence-electron chi connectivity index (χ0n) is 12.6. The molecule has 5 heteroatoms. The third-order valence-corrected chi connectivity index (χ3v) is 3.49. The van der Waals surface area contributed by atoms with Crippen molar-refractivity contribution in [1.82, 2.24) is 19.6 Å². The molecule has 0 aliphatic rings. The number of nitrogens with one attached hydrogen (secondary N) is 1. The molecule has 1 aromatic carbocycles. The molecule has 5 nitrogen and oxygen atoms in total. The lowest BCUT2D eigenvalue weighted by molar-refractivity contribution is 0.853. The number of benzene rings is 1. The summed E-state index contributed by atoms with van der Waals surface area (Å²) >= 11 is 0. The second-order valence-corrected chi connectivity index (χ2v) is 5.33. The Morgan fingerprint density at radius 1 is 1.05 bits per heavy atom. The number of aryl methyl sites for hydroxylation is 3. The minimum atomic E-state index is 0.679. The molecule has 3 rings (SSSR count). The van der Waals surface area contributed by atoms with Crippen molar-refractivity contribution in [3.05, 3.63) is 53.1 Å². The number of fused-ring (bicyclic) bond motifs is 1. The summed E-state index contributed by atoms with van der Waals surface area (Å²) in [7, 11) is 0. The molecule has 0 amide bonds. The first-order chi connectivity index (χ1) is 10.1. The average molecular weight is 281 g/mol. The van der Waals surface area contributed by atoms with Gasteiger partial charge in [-0.15, -0.1) is 10.2 Å². The fraction of sp³-hybridized carbons (Fsp3) is 0.312. The molecule has 0 saturated carbocycles. The fourth-order valence-electron chi connectivity index (χ4n) is 2.45. The minimum Gasteiger partial charge on any atom is -0.385 e. The highest BCUT2D eigenvalue weighted by molar-refractivity contribution is 5.44. The van der Waals surface area contributed by atoms with E-state index < -0.39 is 0 Å². The Labute approximate surface area is 124 Å². The van der Waals surface area contributed by atoms with E-state index in [0.717, 1.165) is 35.9 Å². The number of aromatic nitrogens is 4. The lowest BCUT2D eigenvalue weighted by Gasteiger charge is -2.07. The quantitative estimate of drug-likeness (QED) is 0.799. The lowest BCUT2D eigenvalue weighted by Crippen LogP contribution is -2.09. The summed E-state index contributed by atoms with van der Waals surface area (Å²) in [5.41, 5.74) is 4.48. The molecule has 0 bridgehead atoms. The van der Waals surface area contributed by atoms with E-state index >= 15 is 0 Å². The molecule has 0 fully saturated rings. The summed E-state index contributed by atoms with van der Waals surface area (Å²) in [5, 5.41) is 11.8. The third kappa shape index (κ3) is 2.86. The molecule has 0 saturated heterocycles. The van der Waals surface area contributed by atoms with Gasteiger partial charge >= 0.3 is 0 Å². The first-order valence-electron chi connectivity index (χ1n) is 7.12. The SMILES string of the molecule is Cc1ccc(NCCc2nnc3nc(C)cc(C)n23)cc1. The smallest absolute Gasteiger partial charge is 0.255 e. The highest BCUT2D eigenvalue weighted by Crippen LogP contribution is 2.10. The molecule has 0 radical (unpaired) electrons. The highest BCUT2D eigenvalue weighted by Gasteiger charge is 2.09. The maximum atomic E-state index is 4.40. The van der Waals surface area contributed by atoms with Gasteiger partial charge in [-0.2, -0.15) is 0 Å². The van der Waals surface area contributed by atoms with E-state index in [1.165, 1.54) is 5.56 Å². The van der Waals surface area contributed by atoms with Crippen molar-refractivity contribution in [2.24, 2.45) is 0 Å². The highest BCUT2D eigenvalue weighted by atomic mass is 15.3. The molecule has 0 atom stereocenters. The number of hydrogen-bond donors (Lipinski definition) is 1. The van der Waals surface area contributed by atoms with Gasteiger partial charge in [0, 0.05) is 30.0 Å². The number of hydrogen-bond acceptors (Lipinski definition) is 4. The zero-order chi connectivity index (χ0) is 14.8. The molecule has 3 aromatic rings. The van der Waals surface area contributed by atoms with Gasteiger partial charge in [0.1, 0.15) is 5.82 Å².